The monoisotopic (exact) mass is 361 g/mol. The zero-order valence-electron chi connectivity index (χ0n) is 14.4. The molecular formula is C19H23NO6. The van der Waals surface area contributed by atoms with Crippen molar-refractivity contribution >= 4 is 17.6 Å². The lowest BCUT2D eigenvalue weighted by Gasteiger charge is -2.36. The maximum Gasteiger partial charge on any atom is 0.305 e. The Morgan fingerprint density at radius 2 is 2.04 bits per heavy atom. The SMILES string of the molecule is O=C(O)C[C@@H]1C[C@H]2c3cc(NC(=O)CC4CC4)ccc3O[C@H]2[C@@H](CO)O1. The lowest BCUT2D eigenvalue weighted by atomic mass is 9.84. The average Bonchev–Trinajstić information content (AvgIpc) is 3.33. The van der Waals surface area contributed by atoms with Gasteiger partial charge in [-0.3, -0.25) is 9.59 Å². The molecule has 0 unspecified atom stereocenters. The van der Waals surface area contributed by atoms with E-state index in [-0.39, 0.29) is 31.0 Å². The largest absolute Gasteiger partial charge is 0.487 e. The molecule has 4 atom stereocenters. The van der Waals surface area contributed by atoms with E-state index in [0.29, 0.717) is 24.5 Å². The number of carbonyl (C=O) groups excluding carboxylic acids is 1. The van der Waals surface area contributed by atoms with Crippen LogP contribution in [0.3, 0.4) is 0 Å². The third kappa shape index (κ3) is 3.54. The summed E-state index contributed by atoms with van der Waals surface area (Å²) in [6.07, 6.45) is 1.86. The molecule has 140 valence electrons. The topological polar surface area (TPSA) is 105 Å². The Morgan fingerprint density at radius 1 is 1.23 bits per heavy atom. The van der Waals surface area contributed by atoms with E-state index in [2.05, 4.69) is 5.32 Å². The molecule has 1 aromatic rings. The number of anilines is 1. The Labute approximate surface area is 151 Å². The summed E-state index contributed by atoms with van der Waals surface area (Å²) in [5, 5.41) is 21.6. The number of hydrogen-bond donors (Lipinski definition) is 3. The van der Waals surface area contributed by atoms with Crippen LogP contribution in [-0.2, 0) is 14.3 Å². The van der Waals surface area contributed by atoms with Crippen LogP contribution < -0.4 is 10.1 Å². The van der Waals surface area contributed by atoms with Gasteiger partial charge in [-0.25, -0.2) is 0 Å². The molecule has 1 saturated carbocycles. The average molecular weight is 361 g/mol. The number of benzene rings is 1. The van der Waals surface area contributed by atoms with Crippen molar-refractivity contribution in [3.8, 4) is 5.75 Å². The molecule has 0 spiro atoms. The van der Waals surface area contributed by atoms with E-state index in [1.807, 2.05) is 18.2 Å². The van der Waals surface area contributed by atoms with Gasteiger partial charge in [-0.2, -0.15) is 0 Å². The number of nitrogens with one attached hydrogen (secondary N) is 1. The summed E-state index contributed by atoms with van der Waals surface area (Å²) in [4.78, 5) is 23.1. The lowest BCUT2D eigenvalue weighted by molar-refractivity contribution is -0.153. The van der Waals surface area contributed by atoms with Crippen molar-refractivity contribution in [3.63, 3.8) is 0 Å². The van der Waals surface area contributed by atoms with Gasteiger partial charge in [0.05, 0.1) is 19.1 Å². The maximum atomic E-state index is 12.1. The lowest BCUT2D eigenvalue weighted by Crippen LogP contribution is -2.46. The Hall–Kier alpha value is -2.12. The minimum atomic E-state index is -0.926. The van der Waals surface area contributed by atoms with Crippen LogP contribution in [0.4, 0.5) is 5.69 Å². The van der Waals surface area contributed by atoms with E-state index in [1.54, 1.807) is 0 Å². The second-order valence-electron chi connectivity index (χ2n) is 7.45. The molecule has 2 heterocycles. The minimum Gasteiger partial charge on any atom is -0.487 e. The van der Waals surface area contributed by atoms with Crippen LogP contribution in [0.1, 0.15) is 43.6 Å². The van der Waals surface area contributed by atoms with Crippen molar-refractivity contribution in [1.29, 1.82) is 0 Å². The van der Waals surface area contributed by atoms with Gasteiger partial charge in [-0.15, -0.1) is 0 Å². The predicted octanol–water partition coefficient (Wildman–Crippen LogP) is 1.89. The molecule has 4 rings (SSSR count). The van der Waals surface area contributed by atoms with Crippen molar-refractivity contribution in [2.45, 2.75) is 56.3 Å². The molecule has 1 aromatic carbocycles. The van der Waals surface area contributed by atoms with Gasteiger partial charge in [0.1, 0.15) is 18.0 Å². The molecule has 7 nitrogen and oxygen atoms in total. The Bertz CT molecular complexity index is 716. The van der Waals surface area contributed by atoms with E-state index < -0.39 is 18.2 Å². The molecule has 7 heteroatoms. The second kappa shape index (κ2) is 6.89. The van der Waals surface area contributed by atoms with E-state index in [4.69, 9.17) is 14.6 Å². The van der Waals surface area contributed by atoms with E-state index in [9.17, 15) is 14.7 Å². The highest BCUT2D eigenvalue weighted by Gasteiger charge is 2.46. The number of amides is 1. The first kappa shape index (κ1) is 17.3. The molecule has 0 radical (unpaired) electrons. The van der Waals surface area contributed by atoms with E-state index >= 15 is 0 Å². The first-order valence-corrected chi connectivity index (χ1v) is 9.12. The number of fused-ring (bicyclic) bond motifs is 3. The number of aliphatic carboxylic acids is 1. The Kier molecular flexibility index (Phi) is 4.58. The van der Waals surface area contributed by atoms with Gasteiger partial charge >= 0.3 is 5.97 Å². The fourth-order valence-electron chi connectivity index (χ4n) is 3.96. The quantitative estimate of drug-likeness (QED) is 0.715. The number of carboxylic acids is 1. The molecule has 1 aliphatic carbocycles. The summed E-state index contributed by atoms with van der Waals surface area (Å²) >= 11 is 0. The molecule has 2 fully saturated rings. The zero-order valence-corrected chi connectivity index (χ0v) is 14.4. The molecule has 26 heavy (non-hydrogen) atoms. The highest BCUT2D eigenvalue weighted by Crippen LogP contribution is 2.47. The number of aliphatic hydroxyl groups excluding tert-OH is 1. The molecule has 1 amide bonds. The number of hydrogen-bond acceptors (Lipinski definition) is 5. The van der Waals surface area contributed by atoms with Crippen LogP contribution in [0, 0.1) is 5.92 Å². The summed E-state index contributed by atoms with van der Waals surface area (Å²) < 4.78 is 11.7. The maximum absolute atomic E-state index is 12.1. The normalized spacial score (nSPS) is 29.4. The first-order valence-electron chi connectivity index (χ1n) is 9.12. The fraction of sp³-hybridized carbons (Fsp3) is 0.579. The summed E-state index contributed by atoms with van der Waals surface area (Å²) in [7, 11) is 0. The van der Waals surface area contributed by atoms with E-state index in [0.717, 1.165) is 24.1 Å². The molecule has 0 aromatic heterocycles. The van der Waals surface area contributed by atoms with Crippen molar-refractivity contribution in [2.24, 2.45) is 5.92 Å². The summed E-state index contributed by atoms with van der Waals surface area (Å²) in [6, 6.07) is 5.54. The molecule has 3 N–H and O–H groups in total. The molecule has 2 aliphatic heterocycles. The Morgan fingerprint density at radius 3 is 2.73 bits per heavy atom. The zero-order chi connectivity index (χ0) is 18.3. The summed E-state index contributed by atoms with van der Waals surface area (Å²) in [6.45, 7) is -0.226. The minimum absolute atomic E-state index is 0.0203. The smallest absolute Gasteiger partial charge is 0.305 e. The third-order valence-electron chi connectivity index (χ3n) is 5.36. The fourth-order valence-corrected chi connectivity index (χ4v) is 3.96. The highest BCUT2D eigenvalue weighted by atomic mass is 16.6. The van der Waals surface area contributed by atoms with Gasteiger partial charge in [0.2, 0.25) is 5.91 Å². The van der Waals surface area contributed by atoms with Gasteiger partial charge < -0.3 is 25.0 Å². The molecular weight excluding hydrogens is 338 g/mol. The van der Waals surface area contributed by atoms with Gasteiger partial charge in [0.15, 0.2) is 0 Å². The molecule has 0 bridgehead atoms. The Balaban J connectivity index is 1.52. The van der Waals surface area contributed by atoms with Crippen LogP contribution in [0.2, 0.25) is 0 Å². The van der Waals surface area contributed by atoms with Crippen LogP contribution in [0.15, 0.2) is 18.2 Å². The van der Waals surface area contributed by atoms with Crippen LogP contribution in [0.25, 0.3) is 0 Å². The van der Waals surface area contributed by atoms with Crippen molar-refractivity contribution in [2.75, 3.05) is 11.9 Å². The highest BCUT2D eigenvalue weighted by molar-refractivity contribution is 5.91. The molecule has 1 saturated heterocycles. The summed E-state index contributed by atoms with van der Waals surface area (Å²) in [5.41, 5.74) is 1.66. The van der Waals surface area contributed by atoms with Gasteiger partial charge in [-0.05, 0) is 43.4 Å². The van der Waals surface area contributed by atoms with Crippen LogP contribution >= 0.6 is 0 Å². The van der Waals surface area contributed by atoms with Crippen LogP contribution in [0.5, 0.6) is 5.75 Å². The predicted molar refractivity (Wildman–Crippen MR) is 92.2 cm³/mol. The van der Waals surface area contributed by atoms with Gasteiger partial charge in [-0.1, -0.05) is 0 Å². The standard InChI is InChI=1S/C19H23NO6/c21-9-16-19-14(7-12(25-16)8-18(23)24)13-6-11(3-4-15(13)26-19)20-17(22)5-10-1-2-10/h3-4,6,10,12,14,16,19,21H,1-2,5,7-9H2,(H,20,22)(H,23,24)/t12-,14-,16+,19+/m0/s1. The number of aliphatic hydroxyl groups is 1. The third-order valence-corrected chi connectivity index (χ3v) is 5.36. The van der Waals surface area contributed by atoms with E-state index in [1.165, 1.54) is 0 Å². The summed E-state index contributed by atoms with van der Waals surface area (Å²) in [5.74, 6) is 0.269. The second-order valence-corrected chi connectivity index (χ2v) is 7.45. The van der Waals surface area contributed by atoms with Crippen molar-refractivity contribution in [1.82, 2.24) is 0 Å². The molecule has 3 aliphatic rings. The number of ether oxygens (including phenoxy) is 2. The van der Waals surface area contributed by atoms with Crippen molar-refractivity contribution in [3.05, 3.63) is 23.8 Å². The number of carbonyl (C=O) groups is 2. The van der Waals surface area contributed by atoms with Gasteiger partial charge in [0.25, 0.3) is 0 Å². The number of carboxylic acid groups (broad SMARTS) is 1. The number of rotatable bonds is 6. The van der Waals surface area contributed by atoms with Crippen LogP contribution in [-0.4, -0.2) is 47.0 Å². The van der Waals surface area contributed by atoms with Crippen molar-refractivity contribution < 1.29 is 29.3 Å². The first-order chi connectivity index (χ1) is 12.5. The van der Waals surface area contributed by atoms with Gasteiger partial charge in [0, 0.05) is 23.6 Å².